The molecule has 6 nitrogen and oxygen atoms in total. The molecule has 4 aromatic rings. The smallest absolute Gasteiger partial charge is 0.273 e. The van der Waals surface area contributed by atoms with Gasteiger partial charge in [0.25, 0.3) is 11.8 Å². The average molecular weight is 509 g/mol. The Hall–Kier alpha value is -3.81. The summed E-state index contributed by atoms with van der Waals surface area (Å²) in [6.07, 6.45) is 0. The summed E-state index contributed by atoms with van der Waals surface area (Å²) in [7, 11) is 0. The van der Waals surface area contributed by atoms with E-state index >= 15 is 0 Å². The highest BCUT2D eigenvalue weighted by Gasteiger charge is 2.41. The number of nitrogens with zero attached hydrogens (tertiary/aromatic N) is 4. The van der Waals surface area contributed by atoms with Crippen molar-refractivity contribution >= 4 is 23.2 Å². The number of hydrogen-bond acceptors (Lipinski definition) is 5. The normalized spacial score (nSPS) is 18.4. The maximum Gasteiger partial charge on any atom is 0.273 e. The number of hydrogen-bond donors (Lipinski definition) is 0. The van der Waals surface area contributed by atoms with Crippen LogP contribution in [-0.4, -0.2) is 70.3 Å². The number of rotatable bonds is 5. The predicted molar refractivity (Wildman–Crippen MR) is 145 cm³/mol. The molecular weight excluding hydrogens is 480 g/mol. The van der Waals surface area contributed by atoms with E-state index in [9.17, 15) is 9.59 Å². The maximum absolute atomic E-state index is 13.5. The molecule has 1 atom stereocenters. The summed E-state index contributed by atoms with van der Waals surface area (Å²) in [5.41, 5.74) is 6.37. The van der Waals surface area contributed by atoms with Gasteiger partial charge in [0.2, 0.25) is 0 Å². The molecule has 2 amide bonds. The summed E-state index contributed by atoms with van der Waals surface area (Å²) in [6, 6.07) is 28.9. The van der Waals surface area contributed by atoms with Gasteiger partial charge in [-0.3, -0.25) is 14.5 Å². The highest BCUT2D eigenvalue weighted by Crippen LogP contribution is 2.32. The highest BCUT2D eigenvalue weighted by molar-refractivity contribution is 7.07. The van der Waals surface area contributed by atoms with Crippen LogP contribution in [0.4, 0.5) is 0 Å². The second-order valence-corrected chi connectivity index (χ2v) is 10.3. The first-order chi connectivity index (χ1) is 18.2. The third-order valence-electron chi connectivity index (χ3n) is 7.40. The molecule has 2 saturated heterocycles. The summed E-state index contributed by atoms with van der Waals surface area (Å²) in [5.74, 6) is 0.0654. The minimum Gasteiger partial charge on any atom is -0.335 e. The van der Waals surface area contributed by atoms with Gasteiger partial charge >= 0.3 is 0 Å². The van der Waals surface area contributed by atoms with Crippen LogP contribution < -0.4 is 0 Å². The van der Waals surface area contributed by atoms with E-state index in [1.165, 1.54) is 16.9 Å². The Morgan fingerprint density at radius 1 is 0.730 bits per heavy atom. The van der Waals surface area contributed by atoms with E-state index in [1.807, 2.05) is 58.3 Å². The lowest BCUT2D eigenvalue weighted by atomic mass is 9.96. The highest BCUT2D eigenvalue weighted by atomic mass is 32.1. The van der Waals surface area contributed by atoms with E-state index in [1.54, 1.807) is 10.9 Å². The van der Waals surface area contributed by atoms with E-state index in [0.29, 0.717) is 37.4 Å². The van der Waals surface area contributed by atoms with Crippen molar-refractivity contribution in [1.29, 1.82) is 0 Å². The van der Waals surface area contributed by atoms with Crippen molar-refractivity contribution in [3.05, 3.63) is 113 Å². The number of thiazole rings is 1. The largest absolute Gasteiger partial charge is 0.335 e. The fourth-order valence-electron chi connectivity index (χ4n) is 5.32. The fourth-order valence-corrected chi connectivity index (χ4v) is 5.85. The van der Waals surface area contributed by atoms with Crippen molar-refractivity contribution in [2.45, 2.75) is 12.1 Å². The van der Waals surface area contributed by atoms with Gasteiger partial charge in [0.1, 0.15) is 5.69 Å². The molecular formula is C30H28N4O2S. The number of carbonyl (C=O) groups excluding carboxylic acids is 2. The van der Waals surface area contributed by atoms with Crippen LogP contribution in [0.3, 0.4) is 0 Å². The SMILES string of the molecule is O=C(c1ccc(-c2ccccc2)cc1)N1CCN(C2CN(C(=O)c3cscn3)C2)C(c2ccccc2)C1. The quantitative estimate of drug-likeness (QED) is 0.387. The topological polar surface area (TPSA) is 56.8 Å². The van der Waals surface area contributed by atoms with Gasteiger partial charge in [-0.25, -0.2) is 4.98 Å². The van der Waals surface area contributed by atoms with Crippen molar-refractivity contribution in [3.63, 3.8) is 0 Å². The summed E-state index contributed by atoms with van der Waals surface area (Å²) >= 11 is 1.44. The first kappa shape index (κ1) is 23.6. The van der Waals surface area contributed by atoms with E-state index in [0.717, 1.165) is 17.7 Å². The molecule has 3 aromatic carbocycles. The summed E-state index contributed by atoms with van der Waals surface area (Å²) < 4.78 is 0. The molecule has 0 N–H and O–H groups in total. The van der Waals surface area contributed by atoms with Gasteiger partial charge in [0.05, 0.1) is 11.6 Å². The number of likely N-dealkylation sites (tertiary alicyclic amines) is 1. The Morgan fingerprint density at radius 2 is 1.41 bits per heavy atom. The lowest BCUT2D eigenvalue weighted by Gasteiger charge is -2.51. The minimum absolute atomic E-state index is 0.00141. The molecule has 0 aliphatic carbocycles. The number of benzene rings is 3. The third-order valence-corrected chi connectivity index (χ3v) is 7.99. The van der Waals surface area contributed by atoms with Crippen molar-refractivity contribution in [3.8, 4) is 11.1 Å². The molecule has 0 spiro atoms. The molecule has 186 valence electrons. The van der Waals surface area contributed by atoms with Crippen LogP contribution in [0.1, 0.15) is 32.5 Å². The van der Waals surface area contributed by atoms with Crippen molar-refractivity contribution in [2.75, 3.05) is 32.7 Å². The first-order valence-corrected chi connectivity index (χ1v) is 13.5. The van der Waals surface area contributed by atoms with Crippen LogP contribution in [-0.2, 0) is 0 Å². The van der Waals surface area contributed by atoms with Crippen LogP contribution >= 0.6 is 11.3 Å². The van der Waals surface area contributed by atoms with Gasteiger partial charge in [-0.1, -0.05) is 72.8 Å². The molecule has 6 rings (SSSR count). The van der Waals surface area contributed by atoms with Crippen LogP contribution in [0, 0.1) is 0 Å². The Kier molecular flexibility index (Phi) is 6.55. The molecule has 0 bridgehead atoms. The van der Waals surface area contributed by atoms with Crippen molar-refractivity contribution in [1.82, 2.24) is 19.7 Å². The molecule has 2 aliphatic rings. The summed E-state index contributed by atoms with van der Waals surface area (Å²) in [5, 5.41) is 1.80. The Bertz CT molecular complexity index is 1350. The van der Waals surface area contributed by atoms with E-state index in [-0.39, 0.29) is 23.9 Å². The van der Waals surface area contributed by atoms with E-state index < -0.39 is 0 Å². The molecule has 7 heteroatoms. The standard InChI is InChI=1S/C30H28N4O2S/c35-29(25-13-11-23(12-14-25)22-7-3-1-4-8-22)32-15-16-34(28(19-32)24-9-5-2-6-10-24)26-17-33(18-26)30(36)27-20-37-21-31-27/h1-14,20-21,26,28H,15-19H2. The second kappa shape index (κ2) is 10.3. The number of carbonyl (C=O) groups is 2. The molecule has 1 unspecified atom stereocenters. The van der Waals surface area contributed by atoms with E-state index in [4.69, 9.17) is 0 Å². The molecule has 2 fully saturated rings. The zero-order valence-electron chi connectivity index (χ0n) is 20.4. The predicted octanol–water partition coefficient (Wildman–Crippen LogP) is 4.83. The Morgan fingerprint density at radius 3 is 2.08 bits per heavy atom. The molecule has 0 radical (unpaired) electrons. The maximum atomic E-state index is 13.5. The molecule has 1 aromatic heterocycles. The molecule has 3 heterocycles. The number of amides is 2. The van der Waals surface area contributed by atoms with Gasteiger partial charge in [0.15, 0.2) is 0 Å². The van der Waals surface area contributed by atoms with Crippen LogP contribution in [0.15, 0.2) is 95.8 Å². The zero-order valence-corrected chi connectivity index (χ0v) is 21.3. The minimum atomic E-state index is 0.00141. The van der Waals surface area contributed by atoms with Crippen LogP contribution in [0.5, 0.6) is 0 Å². The van der Waals surface area contributed by atoms with Gasteiger partial charge < -0.3 is 9.80 Å². The Balaban J connectivity index is 1.16. The lowest BCUT2D eigenvalue weighted by molar-refractivity contribution is -0.0188. The van der Waals surface area contributed by atoms with Gasteiger partial charge in [-0.05, 0) is 28.8 Å². The van der Waals surface area contributed by atoms with E-state index in [2.05, 4.69) is 46.3 Å². The van der Waals surface area contributed by atoms with Crippen molar-refractivity contribution < 1.29 is 9.59 Å². The monoisotopic (exact) mass is 508 g/mol. The Labute approximate surface area is 220 Å². The third kappa shape index (κ3) is 4.80. The fraction of sp³-hybridized carbons (Fsp3) is 0.233. The molecule has 37 heavy (non-hydrogen) atoms. The molecule has 2 aliphatic heterocycles. The van der Waals surface area contributed by atoms with Gasteiger partial charge in [-0.2, -0.15) is 0 Å². The molecule has 0 saturated carbocycles. The van der Waals surface area contributed by atoms with Crippen LogP contribution in [0.25, 0.3) is 11.1 Å². The first-order valence-electron chi connectivity index (χ1n) is 12.6. The average Bonchev–Trinajstić information content (AvgIpc) is 3.48. The van der Waals surface area contributed by atoms with Crippen molar-refractivity contribution in [2.24, 2.45) is 0 Å². The summed E-state index contributed by atoms with van der Waals surface area (Å²) in [6.45, 7) is 3.44. The number of piperazine rings is 1. The van der Waals surface area contributed by atoms with Gasteiger partial charge in [-0.15, -0.1) is 11.3 Å². The number of aromatic nitrogens is 1. The van der Waals surface area contributed by atoms with Gasteiger partial charge in [0, 0.05) is 49.7 Å². The lowest BCUT2D eigenvalue weighted by Crippen LogP contribution is -2.65. The second-order valence-electron chi connectivity index (χ2n) is 9.60. The van der Waals surface area contributed by atoms with Crippen LogP contribution in [0.2, 0.25) is 0 Å². The zero-order chi connectivity index (χ0) is 25.2. The summed E-state index contributed by atoms with van der Waals surface area (Å²) in [4.78, 5) is 36.7.